The summed E-state index contributed by atoms with van der Waals surface area (Å²) in [6.45, 7) is 0. The number of anilines is 2. The summed E-state index contributed by atoms with van der Waals surface area (Å²) >= 11 is 6.23. The molecule has 6 heteroatoms. The first-order valence-corrected chi connectivity index (χ1v) is 8.60. The third kappa shape index (κ3) is 3.44. The summed E-state index contributed by atoms with van der Waals surface area (Å²) in [6, 6.07) is 14.9. The van der Waals surface area contributed by atoms with Crippen molar-refractivity contribution in [1.29, 1.82) is 0 Å². The van der Waals surface area contributed by atoms with E-state index in [4.69, 9.17) is 16.6 Å². The van der Waals surface area contributed by atoms with Crippen LogP contribution in [-0.2, 0) is 4.79 Å². The zero-order valence-electron chi connectivity index (χ0n) is 15.3. The fraction of sp³-hybridized carbons (Fsp3) is 0.200. The van der Waals surface area contributed by atoms with Crippen LogP contribution in [0.4, 0.5) is 17.1 Å². The van der Waals surface area contributed by atoms with Crippen LogP contribution in [0.25, 0.3) is 0 Å². The zero-order valence-corrected chi connectivity index (χ0v) is 16.0. The average molecular weight is 369 g/mol. The first kappa shape index (κ1) is 18.0. The summed E-state index contributed by atoms with van der Waals surface area (Å²) < 4.78 is 0. The van der Waals surface area contributed by atoms with Crippen molar-refractivity contribution in [3.8, 4) is 0 Å². The Labute approximate surface area is 158 Å². The van der Waals surface area contributed by atoms with Crippen LogP contribution < -0.4 is 4.90 Å². The van der Waals surface area contributed by atoms with Gasteiger partial charge in [-0.05, 0) is 30.3 Å². The highest BCUT2D eigenvalue weighted by atomic mass is 35.5. The molecule has 0 saturated heterocycles. The second kappa shape index (κ2) is 7.22. The predicted octanol–water partition coefficient (Wildman–Crippen LogP) is 4.06. The van der Waals surface area contributed by atoms with Crippen LogP contribution >= 0.6 is 11.6 Å². The molecule has 0 radical (unpaired) electrons. The Morgan fingerprint density at radius 3 is 2.35 bits per heavy atom. The first-order valence-electron chi connectivity index (χ1n) is 8.22. The monoisotopic (exact) mass is 368 g/mol. The number of nitrogens with zero attached hydrogens (tertiary/aromatic N) is 4. The minimum atomic E-state index is -0.154. The molecule has 0 unspecified atom stereocenters. The summed E-state index contributed by atoms with van der Waals surface area (Å²) in [6.07, 6.45) is 1.80. The topological polar surface area (TPSA) is 39.2 Å². The second-order valence-corrected chi connectivity index (χ2v) is 6.88. The Hall–Kier alpha value is -2.79. The Morgan fingerprint density at radius 2 is 1.73 bits per heavy atom. The molecule has 0 fully saturated rings. The Kier molecular flexibility index (Phi) is 5.00. The maximum absolute atomic E-state index is 13.6. The molecule has 1 aliphatic rings. The summed E-state index contributed by atoms with van der Waals surface area (Å²) in [7, 11) is 7.53. The van der Waals surface area contributed by atoms with Crippen LogP contribution in [-0.4, -0.2) is 49.7 Å². The smallest absolute Gasteiger partial charge is 0.268 e. The number of carbonyl (C=O) groups is 1. The molecule has 0 spiro atoms. The molecule has 5 nitrogen and oxygen atoms in total. The standard InChI is InChI=1S/C20H21ClN4O/c1-23(2)13-16-19(24(3)4)22-17-11-10-14(21)12-18(17)25(20(16)26)15-8-6-5-7-9-15/h5-13H,1-4H3. The number of amides is 1. The lowest BCUT2D eigenvalue weighted by atomic mass is 10.1. The minimum Gasteiger partial charge on any atom is -0.383 e. The Bertz CT molecular complexity index is 888. The van der Waals surface area contributed by atoms with Gasteiger partial charge >= 0.3 is 0 Å². The van der Waals surface area contributed by atoms with Crippen LogP contribution in [0.5, 0.6) is 0 Å². The molecule has 0 aromatic heterocycles. The van der Waals surface area contributed by atoms with Crippen molar-refractivity contribution in [1.82, 2.24) is 9.80 Å². The van der Waals surface area contributed by atoms with Crippen molar-refractivity contribution in [2.45, 2.75) is 0 Å². The molecule has 26 heavy (non-hydrogen) atoms. The number of carbonyl (C=O) groups excluding carboxylic acids is 1. The van der Waals surface area contributed by atoms with Gasteiger partial charge in [0.1, 0.15) is 5.84 Å². The van der Waals surface area contributed by atoms with Gasteiger partial charge in [0.2, 0.25) is 0 Å². The fourth-order valence-corrected chi connectivity index (χ4v) is 2.98. The predicted molar refractivity (Wildman–Crippen MR) is 108 cm³/mol. The maximum atomic E-state index is 13.6. The molecule has 0 bridgehead atoms. The molecular weight excluding hydrogens is 348 g/mol. The number of hydrogen-bond acceptors (Lipinski definition) is 4. The number of rotatable bonds is 2. The molecule has 1 amide bonds. The lowest BCUT2D eigenvalue weighted by Gasteiger charge is -2.25. The van der Waals surface area contributed by atoms with Crippen molar-refractivity contribution < 1.29 is 4.79 Å². The van der Waals surface area contributed by atoms with Gasteiger partial charge in [0.25, 0.3) is 5.91 Å². The van der Waals surface area contributed by atoms with Crippen molar-refractivity contribution >= 4 is 40.4 Å². The molecular formula is C20H21ClN4O. The quantitative estimate of drug-likeness (QED) is 0.750. The van der Waals surface area contributed by atoms with Gasteiger partial charge in [-0.3, -0.25) is 9.69 Å². The fourth-order valence-electron chi connectivity index (χ4n) is 2.82. The van der Waals surface area contributed by atoms with Gasteiger partial charge in [-0.25, -0.2) is 4.99 Å². The highest BCUT2D eigenvalue weighted by molar-refractivity contribution is 6.32. The van der Waals surface area contributed by atoms with Crippen LogP contribution in [0, 0.1) is 0 Å². The van der Waals surface area contributed by atoms with E-state index in [0.717, 1.165) is 5.69 Å². The van der Waals surface area contributed by atoms with Crippen molar-refractivity contribution in [2.24, 2.45) is 4.99 Å². The average Bonchev–Trinajstić information content (AvgIpc) is 2.70. The summed E-state index contributed by atoms with van der Waals surface area (Å²) in [4.78, 5) is 23.7. The van der Waals surface area contributed by atoms with Gasteiger partial charge in [0, 0.05) is 45.1 Å². The molecule has 3 rings (SSSR count). The van der Waals surface area contributed by atoms with E-state index in [-0.39, 0.29) is 5.91 Å². The largest absolute Gasteiger partial charge is 0.383 e. The van der Waals surface area contributed by atoms with Crippen LogP contribution in [0.1, 0.15) is 0 Å². The maximum Gasteiger partial charge on any atom is 0.268 e. The molecule has 2 aromatic carbocycles. The lowest BCUT2D eigenvalue weighted by molar-refractivity contribution is -0.114. The number of likely N-dealkylation sites (N-methyl/N-ethyl adjacent to an activating group) is 1. The van der Waals surface area contributed by atoms with Gasteiger partial charge in [-0.1, -0.05) is 29.8 Å². The first-order chi connectivity index (χ1) is 12.4. The number of fused-ring (bicyclic) bond motifs is 1. The van der Waals surface area contributed by atoms with Crippen LogP contribution in [0.3, 0.4) is 0 Å². The highest BCUT2D eigenvalue weighted by Crippen LogP contribution is 2.39. The Morgan fingerprint density at radius 1 is 1.04 bits per heavy atom. The minimum absolute atomic E-state index is 0.154. The van der Waals surface area contributed by atoms with E-state index < -0.39 is 0 Å². The zero-order chi connectivity index (χ0) is 18.8. The van der Waals surface area contributed by atoms with Gasteiger partial charge in [-0.15, -0.1) is 0 Å². The third-order valence-corrected chi connectivity index (χ3v) is 4.14. The number of benzene rings is 2. The number of aliphatic imine (C=N–C) groups is 1. The Balaban J connectivity index is 2.30. The molecule has 0 atom stereocenters. The summed E-state index contributed by atoms with van der Waals surface area (Å²) in [5, 5.41) is 0.555. The molecule has 0 N–H and O–H groups in total. The number of amidine groups is 1. The normalized spacial score (nSPS) is 15.4. The van der Waals surface area contributed by atoms with Crippen molar-refractivity contribution in [3.05, 3.63) is 65.3 Å². The second-order valence-electron chi connectivity index (χ2n) is 6.45. The molecule has 1 heterocycles. The summed E-state index contributed by atoms with van der Waals surface area (Å²) in [5.74, 6) is 0.448. The van der Waals surface area contributed by atoms with E-state index in [9.17, 15) is 4.79 Å². The van der Waals surface area contributed by atoms with E-state index in [2.05, 4.69) is 0 Å². The van der Waals surface area contributed by atoms with E-state index >= 15 is 0 Å². The molecule has 2 aromatic rings. The molecule has 0 aliphatic carbocycles. The van der Waals surface area contributed by atoms with Crippen LogP contribution in [0.15, 0.2) is 65.3 Å². The number of hydrogen-bond donors (Lipinski definition) is 0. The molecule has 1 aliphatic heterocycles. The van der Waals surface area contributed by atoms with Crippen molar-refractivity contribution in [3.63, 3.8) is 0 Å². The van der Waals surface area contributed by atoms with Crippen molar-refractivity contribution in [2.75, 3.05) is 33.1 Å². The number of halogens is 1. The number of para-hydroxylation sites is 1. The van der Waals surface area contributed by atoms with E-state index in [1.54, 1.807) is 23.2 Å². The van der Waals surface area contributed by atoms with E-state index in [0.29, 0.717) is 27.8 Å². The van der Waals surface area contributed by atoms with Crippen LogP contribution in [0.2, 0.25) is 5.02 Å². The third-order valence-electron chi connectivity index (χ3n) is 3.90. The molecule has 134 valence electrons. The van der Waals surface area contributed by atoms with E-state index in [1.807, 2.05) is 74.4 Å². The van der Waals surface area contributed by atoms with Gasteiger partial charge < -0.3 is 9.80 Å². The van der Waals surface area contributed by atoms with Gasteiger partial charge in [0.05, 0.1) is 16.9 Å². The lowest BCUT2D eigenvalue weighted by Crippen LogP contribution is -2.34. The highest BCUT2D eigenvalue weighted by Gasteiger charge is 2.31. The van der Waals surface area contributed by atoms with Gasteiger partial charge in [-0.2, -0.15) is 0 Å². The molecule has 0 saturated carbocycles. The summed E-state index contributed by atoms with van der Waals surface area (Å²) in [5.41, 5.74) is 2.63. The van der Waals surface area contributed by atoms with E-state index in [1.165, 1.54) is 0 Å². The van der Waals surface area contributed by atoms with Gasteiger partial charge in [0.15, 0.2) is 0 Å². The SMILES string of the molecule is CN(C)C=C1C(=O)N(c2ccccc2)c2cc(Cl)ccc2N=C1N(C)C.